The molecule has 0 radical (unpaired) electrons. The predicted molar refractivity (Wildman–Crippen MR) is 118 cm³/mol. The molecule has 0 saturated carbocycles. The Morgan fingerprint density at radius 3 is 2.72 bits per heavy atom. The normalized spacial score (nSPS) is 21.3. The molecule has 0 unspecified atom stereocenters. The molecule has 1 fully saturated rings. The number of carbonyl (C=O) groups is 2. The molecule has 3 heterocycles. The van der Waals surface area contributed by atoms with Crippen LogP contribution in [-0.2, 0) is 19.0 Å². The van der Waals surface area contributed by atoms with Crippen LogP contribution < -0.4 is 0 Å². The number of unbranched alkanes of at least 4 members (excludes halogenated alkanes) is 1. The maximum absolute atomic E-state index is 13.2. The number of aliphatic hydroxyl groups excluding tert-OH is 1. The second-order valence-electron chi connectivity index (χ2n) is 8.12. The average molecular weight is 443 g/mol. The standard InChI is InChI=1S/C24H30N2O6/c1-17(28)26-16-20(19-6-2-3-7-21(19)26)18-14-22(24(29)25-8-12-30-13-9-25)32-23(15-18)31-11-5-4-10-27/h2-3,6-7,14,16,18,23,27H,4-5,8-13,15H2,1H3/t18-,23+/m1/s1. The van der Waals surface area contributed by atoms with Crippen LogP contribution in [0, 0.1) is 0 Å². The van der Waals surface area contributed by atoms with Crippen molar-refractivity contribution in [3.05, 3.63) is 47.9 Å². The van der Waals surface area contributed by atoms with Crippen LogP contribution in [-0.4, -0.2) is 72.2 Å². The molecule has 8 heteroatoms. The van der Waals surface area contributed by atoms with Crippen LogP contribution in [0.4, 0.5) is 0 Å². The van der Waals surface area contributed by atoms with Crippen molar-refractivity contribution in [3.63, 3.8) is 0 Å². The number of aromatic nitrogens is 1. The van der Waals surface area contributed by atoms with Crippen LogP contribution in [0.15, 0.2) is 42.3 Å². The summed E-state index contributed by atoms with van der Waals surface area (Å²) in [5.74, 6) is -0.103. The van der Waals surface area contributed by atoms with Crippen molar-refractivity contribution < 1.29 is 28.9 Å². The van der Waals surface area contributed by atoms with E-state index in [1.54, 1.807) is 9.47 Å². The Balaban J connectivity index is 1.65. The third kappa shape index (κ3) is 4.87. The topological polar surface area (TPSA) is 90.2 Å². The molecule has 172 valence electrons. The van der Waals surface area contributed by atoms with E-state index in [2.05, 4.69) is 0 Å². The molecule has 0 bridgehead atoms. The Morgan fingerprint density at radius 1 is 1.19 bits per heavy atom. The van der Waals surface area contributed by atoms with E-state index < -0.39 is 6.29 Å². The van der Waals surface area contributed by atoms with Gasteiger partial charge in [-0.15, -0.1) is 0 Å². The zero-order valence-electron chi connectivity index (χ0n) is 18.4. The van der Waals surface area contributed by atoms with Crippen LogP contribution in [0.3, 0.4) is 0 Å². The highest BCUT2D eigenvalue weighted by atomic mass is 16.7. The number of rotatable bonds is 7. The number of morpholine rings is 1. The van der Waals surface area contributed by atoms with Gasteiger partial charge in [-0.1, -0.05) is 18.2 Å². The molecule has 4 rings (SSSR count). The number of para-hydroxylation sites is 1. The summed E-state index contributed by atoms with van der Waals surface area (Å²) in [7, 11) is 0. The summed E-state index contributed by atoms with van der Waals surface area (Å²) in [6.07, 6.45) is 5.03. The molecule has 32 heavy (non-hydrogen) atoms. The lowest BCUT2D eigenvalue weighted by molar-refractivity contribution is -0.155. The van der Waals surface area contributed by atoms with Gasteiger partial charge in [-0.3, -0.25) is 14.2 Å². The number of allylic oxidation sites excluding steroid dienone is 1. The van der Waals surface area contributed by atoms with E-state index in [0.29, 0.717) is 52.2 Å². The molecule has 2 aliphatic heterocycles. The van der Waals surface area contributed by atoms with E-state index in [1.165, 1.54) is 6.92 Å². The molecule has 1 amide bonds. The third-order valence-electron chi connectivity index (χ3n) is 5.90. The van der Waals surface area contributed by atoms with E-state index in [0.717, 1.165) is 16.5 Å². The van der Waals surface area contributed by atoms with Gasteiger partial charge in [0.25, 0.3) is 5.91 Å². The highest BCUT2D eigenvalue weighted by Crippen LogP contribution is 2.37. The van der Waals surface area contributed by atoms with Crippen molar-refractivity contribution in [2.24, 2.45) is 0 Å². The summed E-state index contributed by atoms with van der Waals surface area (Å²) in [4.78, 5) is 27.1. The second-order valence-corrected chi connectivity index (χ2v) is 8.12. The van der Waals surface area contributed by atoms with Crippen molar-refractivity contribution in [2.45, 2.75) is 38.4 Å². The molecular weight excluding hydrogens is 412 g/mol. The Morgan fingerprint density at radius 2 is 1.97 bits per heavy atom. The number of amides is 1. The minimum Gasteiger partial charge on any atom is -0.459 e. The van der Waals surface area contributed by atoms with E-state index in [9.17, 15) is 9.59 Å². The number of ether oxygens (including phenoxy) is 3. The molecule has 1 saturated heterocycles. The minimum absolute atomic E-state index is 0.0649. The molecule has 0 aliphatic carbocycles. The number of carbonyl (C=O) groups excluding carboxylic acids is 2. The zero-order chi connectivity index (χ0) is 22.5. The molecular formula is C24H30N2O6. The first-order valence-corrected chi connectivity index (χ1v) is 11.2. The molecule has 2 atom stereocenters. The van der Waals surface area contributed by atoms with Gasteiger partial charge >= 0.3 is 0 Å². The summed E-state index contributed by atoms with van der Waals surface area (Å²) < 4.78 is 18.9. The highest BCUT2D eigenvalue weighted by Gasteiger charge is 2.33. The molecule has 1 N–H and O–H groups in total. The molecule has 1 aromatic heterocycles. The zero-order valence-corrected chi connectivity index (χ0v) is 18.4. The van der Waals surface area contributed by atoms with E-state index >= 15 is 0 Å². The smallest absolute Gasteiger partial charge is 0.288 e. The summed E-state index contributed by atoms with van der Waals surface area (Å²) >= 11 is 0. The van der Waals surface area contributed by atoms with Crippen molar-refractivity contribution in [2.75, 3.05) is 39.5 Å². The van der Waals surface area contributed by atoms with Gasteiger partial charge in [-0.2, -0.15) is 0 Å². The number of aliphatic hydroxyl groups is 1. The largest absolute Gasteiger partial charge is 0.459 e. The summed E-state index contributed by atoms with van der Waals surface area (Å²) in [6, 6.07) is 7.77. The molecule has 0 spiro atoms. The van der Waals surface area contributed by atoms with Gasteiger partial charge in [-0.25, -0.2) is 0 Å². The Bertz CT molecular complexity index is 992. The Kier molecular flexibility index (Phi) is 7.24. The molecule has 1 aromatic carbocycles. The third-order valence-corrected chi connectivity index (χ3v) is 5.90. The van der Waals surface area contributed by atoms with Crippen LogP contribution >= 0.6 is 0 Å². The van der Waals surface area contributed by atoms with Crippen LogP contribution in [0.1, 0.15) is 42.5 Å². The second kappa shape index (κ2) is 10.3. The SMILES string of the molecule is CC(=O)n1cc([C@@H]2C=C(C(=O)N3CCOCC3)O[C@H](OCCCCO)C2)c2ccccc21. The lowest BCUT2D eigenvalue weighted by Gasteiger charge is -2.33. The summed E-state index contributed by atoms with van der Waals surface area (Å²) in [6.45, 7) is 4.16. The first-order chi connectivity index (χ1) is 15.6. The Hall–Kier alpha value is -2.68. The fraction of sp³-hybridized carbons (Fsp3) is 0.500. The van der Waals surface area contributed by atoms with E-state index in [-0.39, 0.29) is 30.1 Å². The fourth-order valence-electron chi connectivity index (χ4n) is 4.24. The quantitative estimate of drug-likeness (QED) is 0.663. The Labute approximate surface area is 187 Å². The fourth-order valence-corrected chi connectivity index (χ4v) is 4.24. The van der Waals surface area contributed by atoms with Gasteiger partial charge in [0.1, 0.15) is 0 Å². The number of nitrogens with zero attached hydrogens (tertiary/aromatic N) is 2. The number of hydrogen-bond acceptors (Lipinski definition) is 6. The maximum Gasteiger partial charge on any atom is 0.288 e. The van der Waals surface area contributed by atoms with E-state index in [1.807, 2.05) is 36.5 Å². The van der Waals surface area contributed by atoms with Gasteiger partial charge < -0.3 is 24.2 Å². The van der Waals surface area contributed by atoms with Gasteiger partial charge in [0.2, 0.25) is 12.2 Å². The predicted octanol–water partition coefficient (Wildman–Crippen LogP) is 2.66. The van der Waals surface area contributed by atoms with Gasteiger partial charge in [0.05, 0.1) is 25.3 Å². The van der Waals surface area contributed by atoms with Crippen LogP contribution in [0.5, 0.6) is 0 Å². The van der Waals surface area contributed by atoms with E-state index in [4.69, 9.17) is 19.3 Å². The first-order valence-electron chi connectivity index (χ1n) is 11.2. The lowest BCUT2D eigenvalue weighted by Crippen LogP contribution is -2.43. The van der Waals surface area contributed by atoms with Crippen molar-refractivity contribution in [1.82, 2.24) is 9.47 Å². The van der Waals surface area contributed by atoms with Gasteiger partial charge in [0.15, 0.2) is 5.76 Å². The highest BCUT2D eigenvalue weighted by molar-refractivity contribution is 5.95. The summed E-state index contributed by atoms with van der Waals surface area (Å²) in [5.41, 5.74) is 1.81. The molecule has 2 aliphatic rings. The average Bonchev–Trinajstić information content (AvgIpc) is 3.22. The molecule has 2 aromatic rings. The number of benzene rings is 1. The van der Waals surface area contributed by atoms with Crippen molar-refractivity contribution in [1.29, 1.82) is 0 Å². The number of hydrogen-bond donors (Lipinski definition) is 1. The maximum atomic E-state index is 13.2. The van der Waals surface area contributed by atoms with Crippen molar-refractivity contribution >= 4 is 22.7 Å². The molecule has 8 nitrogen and oxygen atoms in total. The number of fused-ring (bicyclic) bond motifs is 1. The van der Waals surface area contributed by atoms with Crippen LogP contribution in [0.25, 0.3) is 10.9 Å². The minimum atomic E-state index is -0.580. The van der Waals surface area contributed by atoms with Crippen LogP contribution in [0.2, 0.25) is 0 Å². The lowest BCUT2D eigenvalue weighted by atomic mass is 9.92. The van der Waals surface area contributed by atoms with Gasteiger partial charge in [-0.05, 0) is 30.5 Å². The van der Waals surface area contributed by atoms with Gasteiger partial charge in [0, 0.05) is 50.5 Å². The first kappa shape index (κ1) is 22.5. The summed E-state index contributed by atoms with van der Waals surface area (Å²) in [5, 5.41) is 9.99. The monoisotopic (exact) mass is 442 g/mol. The van der Waals surface area contributed by atoms with Crippen molar-refractivity contribution in [3.8, 4) is 0 Å².